The van der Waals surface area contributed by atoms with E-state index in [0.717, 1.165) is 24.3 Å². The summed E-state index contributed by atoms with van der Waals surface area (Å²) in [5.41, 5.74) is 0.584. The summed E-state index contributed by atoms with van der Waals surface area (Å²) in [4.78, 5) is 24.5. The van der Waals surface area contributed by atoms with Crippen LogP contribution in [-0.2, 0) is 9.59 Å². The number of likely N-dealkylation sites (N-methyl/N-ethyl adjacent to an activating group) is 2. The summed E-state index contributed by atoms with van der Waals surface area (Å²) in [6.07, 6.45) is -6.77. The van der Waals surface area contributed by atoms with E-state index in [1.807, 2.05) is 0 Å². The fourth-order valence-electron chi connectivity index (χ4n) is 2.86. The van der Waals surface area contributed by atoms with Crippen molar-refractivity contribution in [2.24, 2.45) is 0 Å². The van der Waals surface area contributed by atoms with E-state index in [1.54, 1.807) is 14.1 Å². The number of phenols is 2. The SMILES string of the molecule is CNC[C@H](O)c1ccc(O)c(OC(=O)[C@H](O)[C@@H](O)C(=O)Oc2cc([C@@H](O)CNC)ccc2O)c1. The monoisotopic (exact) mass is 480 g/mol. The van der Waals surface area contributed by atoms with Crippen molar-refractivity contribution in [2.45, 2.75) is 24.4 Å². The van der Waals surface area contributed by atoms with Crippen LogP contribution in [0, 0.1) is 0 Å². The van der Waals surface area contributed by atoms with Crippen LogP contribution in [0.15, 0.2) is 36.4 Å². The van der Waals surface area contributed by atoms with Gasteiger partial charge in [-0.05, 0) is 49.5 Å². The minimum absolute atomic E-state index is 0.172. The molecule has 0 aliphatic carbocycles. The second-order valence-electron chi connectivity index (χ2n) is 7.33. The summed E-state index contributed by atoms with van der Waals surface area (Å²) in [6.45, 7) is 0.344. The van der Waals surface area contributed by atoms with Crippen molar-refractivity contribution in [1.29, 1.82) is 0 Å². The first-order valence-corrected chi connectivity index (χ1v) is 10.2. The Labute approximate surface area is 195 Å². The molecule has 2 aromatic rings. The zero-order valence-corrected chi connectivity index (χ0v) is 18.5. The largest absolute Gasteiger partial charge is 0.504 e. The average molecular weight is 480 g/mol. The Morgan fingerprint density at radius 2 is 1.09 bits per heavy atom. The summed E-state index contributed by atoms with van der Waals surface area (Å²) >= 11 is 0. The molecule has 8 N–H and O–H groups in total. The number of esters is 2. The molecule has 0 heterocycles. The topological polar surface area (TPSA) is 198 Å². The highest BCUT2D eigenvalue weighted by Crippen LogP contribution is 2.31. The number of nitrogens with one attached hydrogen (secondary N) is 2. The van der Waals surface area contributed by atoms with Gasteiger partial charge < -0.3 is 50.7 Å². The van der Waals surface area contributed by atoms with Crippen molar-refractivity contribution < 1.29 is 49.7 Å². The molecule has 4 atom stereocenters. The van der Waals surface area contributed by atoms with Crippen LogP contribution in [0.2, 0.25) is 0 Å². The van der Waals surface area contributed by atoms with Gasteiger partial charge in [-0.15, -0.1) is 0 Å². The zero-order chi connectivity index (χ0) is 25.4. The molecule has 0 radical (unpaired) electrons. The predicted molar refractivity (Wildman–Crippen MR) is 117 cm³/mol. The van der Waals surface area contributed by atoms with E-state index in [2.05, 4.69) is 10.6 Å². The first-order valence-electron chi connectivity index (χ1n) is 10.2. The van der Waals surface area contributed by atoms with Crippen molar-refractivity contribution in [3.63, 3.8) is 0 Å². The number of aliphatic hydroxyl groups excluding tert-OH is 4. The fourth-order valence-corrected chi connectivity index (χ4v) is 2.86. The molecular formula is C22H28N2O10. The zero-order valence-electron chi connectivity index (χ0n) is 18.5. The van der Waals surface area contributed by atoms with Crippen LogP contribution in [0.5, 0.6) is 23.0 Å². The fraction of sp³-hybridized carbons (Fsp3) is 0.364. The quantitative estimate of drug-likeness (QED) is 0.142. The first-order chi connectivity index (χ1) is 16.1. The van der Waals surface area contributed by atoms with E-state index >= 15 is 0 Å². The molecular weight excluding hydrogens is 452 g/mol. The number of ether oxygens (including phenoxy) is 2. The van der Waals surface area contributed by atoms with E-state index in [1.165, 1.54) is 12.1 Å². The lowest BCUT2D eigenvalue weighted by molar-refractivity contribution is -0.162. The smallest absolute Gasteiger partial charge is 0.343 e. The number of phenolic OH excluding ortho intramolecular Hbond substituents is 2. The molecule has 0 aliphatic rings. The van der Waals surface area contributed by atoms with Crippen LogP contribution in [0.3, 0.4) is 0 Å². The van der Waals surface area contributed by atoms with Gasteiger partial charge in [0.25, 0.3) is 0 Å². The van der Waals surface area contributed by atoms with Gasteiger partial charge in [-0.1, -0.05) is 12.1 Å². The lowest BCUT2D eigenvalue weighted by Crippen LogP contribution is -2.43. The molecule has 2 aromatic carbocycles. The van der Waals surface area contributed by atoms with Crippen molar-refractivity contribution >= 4 is 11.9 Å². The van der Waals surface area contributed by atoms with Crippen LogP contribution >= 0.6 is 0 Å². The number of aliphatic hydroxyl groups is 4. The Morgan fingerprint density at radius 3 is 1.41 bits per heavy atom. The van der Waals surface area contributed by atoms with Gasteiger partial charge in [-0.3, -0.25) is 0 Å². The number of hydrogen-bond donors (Lipinski definition) is 8. The number of aromatic hydroxyl groups is 2. The molecule has 0 bridgehead atoms. The van der Waals surface area contributed by atoms with Crippen LogP contribution in [0.4, 0.5) is 0 Å². The van der Waals surface area contributed by atoms with Crippen LogP contribution in [-0.4, -0.2) is 82.0 Å². The summed E-state index contributed by atoms with van der Waals surface area (Å²) in [6, 6.07) is 7.43. The molecule has 12 heteroatoms. The molecule has 0 fully saturated rings. The summed E-state index contributed by atoms with van der Waals surface area (Å²) in [7, 11) is 3.23. The normalized spacial score (nSPS) is 14.6. The summed E-state index contributed by atoms with van der Waals surface area (Å²) in [5, 5.41) is 65.4. The van der Waals surface area contributed by atoms with Crippen LogP contribution < -0.4 is 20.1 Å². The Balaban J connectivity index is 2.10. The van der Waals surface area contributed by atoms with E-state index < -0.39 is 59.4 Å². The summed E-state index contributed by atoms with van der Waals surface area (Å²) in [5.74, 6) is -4.77. The maximum absolute atomic E-state index is 12.2. The van der Waals surface area contributed by atoms with Crippen molar-refractivity contribution in [2.75, 3.05) is 27.2 Å². The van der Waals surface area contributed by atoms with Gasteiger partial charge in [0.05, 0.1) is 12.2 Å². The molecule has 2 rings (SSSR count). The Bertz CT molecular complexity index is 920. The van der Waals surface area contributed by atoms with Gasteiger partial charge in [0.2, 0.25) is 0 Å². The minimum Gasteiger partial charge on any atom is -0.504 e. The van der Waals surface area contributed by atoms with E-state index in [-0.39, 0.29) is 13.1 Å². The van der Waals surface area contributed by atoms with Gasteiger partial charge in [-0.2, -0.15) is 0 Å². The standard InChI is InChI=1S/C22H28N2O10/c1-23-9-15(27)11-3-5-13(25)17(7-11)33-21(31)19(29)20(30)22(32)34-18-8-12(4-6-14(18)26)16(28)10-24-2/h3-8,15-16,19-20,23-30H,9-10H2,1-2H3/t15-,16-,19+,20+/m0/s1. The van der Waals surface area contributed by atoms with Gasteiger partial charge in [0.15, 0.2) is 35.2 Å². The number of carbonyl (C=O) groups excluding carboxylic acids is 2. The highest BCUT2D eigenvalue weighted by Gasteiger charge is 2.34. The van der Waals surface area contributed by atoms with E-state index in [9.17, 15) is 40.2 Å². The molecule has 0 aliphatic heterocycles. The minimum atomic E-state index is -2.40. The second-order valence-corrected chi connectivity index (χ2v) is 7.33. The third-order valence-corrected chi connectivity index (χ3v) is 4.74. The number of carbonyl (C=O) groups is 2. The molecule has 0 spiro atoms. The Morgan fingerprint density at radius 1 is 0.735 bits per heavy atom. The highest BCUT2D eigenvalue weighted by atomic mass is 16.6. The summed E-state index contributed by atoms with van der Waals surface area (Å²) < 4.78 is 9.74. The third-order valence-electron chi connectivity index (χ3n) is 4.74. The van der Waals surface area contributed by atoms with Crippen LogP contribution in [0.25, 0.3) is 0 Å². The first kappa shape index (κ1) is 27.0. The molecule has 0 amide bonds. The van der Waals surface area contributed by atoms with Gasteiger partial charge in [0.1, 0.15) is 0 Å². The van der Waals surface area contributed by atoms with Crippen molar-refractivity contribution in [1.82, 2.24) is 10.6 Å². The molecule has 0 aromatic heterocycles. The van der Waals surface area contributed by atoms with Gasteiger partial charge in [0, 0.05) is 13.1 Å². The molecule has 34 heavy (non-hydrogen) atoms. The van der Waals surface area contributed by atoms with E-state index in [4.69, 9.17) is 9.47 Å². The molecule has 0 saturated heterocycles. The lowest BCUT2D eigenvalue weighted by atomic mass is 10.1. The second kappa shape index (κ2) is 12.3. The van der Waals surface area contributed by atoms with Gasteiger partial charge in [-0.25, -0.2) is 9.59 Å². The number of hydrogen-bond acceptors (Lipinski definition) is 12. The molecule has 0 unspecified atom stereocenters. The molecule has 12 nitrogen and oxygen atoms in total. The van der Waals surface area contributed by atoms with Crippen molar-refractivity contribution in [3.8, 4) is 23.0 Å². The number of benzene rings is 2. The molecule has 186 valence electrons. The molecule has 0 saturated carbocycles. The maximum atomic E-state index is 12.2. The maximum Gasteiger partial charge on any atom is 0.343 e. The predicted octanol–water partition coefficient (Wildman–Crippen LogP) is -1.16. The Hall–Kier alpha value is -3.26. The van der Waals surface area contributed by atoms with Crippen LogP contribution in [0.1, 0.15) is 23.3 Å². The Kier molecular flexibility index (Phi) is 9.74. The highest BCUT2D eigenvalue weighted by molar-refractivity contribution is 5.87. The third kappa shape index (κ3) is 6.87. The number of rotatable bonds is 11. The van der Waals surface area contributed by atoms with Gasteiger partial charge >= 0.3 is 11.9 Å². The average Bonchev–Trinajstić information content (AvgIpc) is 2.80. The van der Waals surface area contributed by atoms with Crippen molar-refractivity contribution in [3.05, 3.63) is 47.5 Å². The van der Waals surface area contributed by atoms with E-state index in [0.29, 0.717) is 11.1 Å². The lowest BCUT2D eigenvalue weighted by Gasteiger charge is -2.18.